The van der Waals surface area contributed by atoms with Crippen molar-refractivity contribution in [3.63, 3.8) is 0 Å². The summed E-state index contributed by atoms with van der Waals surface area (Å²) in [7, 11) is 4.11. The van der Waals surface area contributed by atoms with Crippen molar-refractivity contribution in [1.29, 1.82) is 0 Å². The molecule has 3 aromatic carbocycles. The average Bonchev–Trinajstić information content (AvgIpc) is 2.87. The third-order valence-corrected chi connectivity index (χ3v) is 6.09. The van der Waals surface area contributed by atoms with Gasteiger partial charge >= 0.3 is 0 Å². The topological polar surface area (TPSA) is 24.5 Å². The molecule has 1 N–H and O–H groups in total. The standard InChI is InChI=1S/C24H26N2OS/c1-26(2)15-16-27-20-13-11-19(12-14-20)25-24-21-8-4-3-7-18(21)17-28-23-10-6-5-9-22(23)24/h3-14,24-25H,15-17H2,1-2H3/t24-/m1/s1. The Morgan fingerprint density at radius 2 is 1.64 bits per heavy atom. The second kappa shape index (κ2) is 8.72. The minimum Gasteiger partial charge on any atom is -0.492 e. The summed E-state index contributed by atoms with van der Waals surface area (Å²) in [6.45, 7) is 1.60. The van der Waals surface area contributed by atoms with Crippen LogP contribution in [0.1, 0.15) is 22.7 Å². The molecule has 3 aromatic rings. The maximum atomic E-state index is 5.82. The molecular weight excluding hydrogens is 364 g/mol. The zero-order valence-corrected chi connectivity index (χ0v) is 17.2. The molecule has 0 bridgehead atoms. The van der Waals surface area contributed by atoms with Gasteiger partial charge in [-0.15, -0.1) is 11.8 Å². The van der Waals surface area contributed by atoms with Crippen molar-refractivity contribution in [1.82, 2.24) is 4.90 Å². The maximum Gasteiger partial charge on any atom is 0.119 e. The Labute approximate surface area is 171 Å². The number of hydrogen-bond acceptors (Lipinski definition) is 4. The van der Waals surface area contributed by atoms with Crippen molar-refractivity contribution < 1.29 is 4.74 Å². The van der Waals surface area contributed by atoms with Gasteiger partial charge in [-0.2, -0.15) is 0 Å². The van der Waals surface area contributed by atoms with E-state index in [0.29, 0.717) is 6.61 Å². The van der Waals surface area contributed by atoms with Crippen LogP contribution >= 0.6 is 11.8 Å². The molecular formula is C24H26N2OS. The van der Waals surface area contributed by atoms with Crippen molar-refractivity contribution in [3.05, 3.63) is 89.5 Å². The molecule has 0 aromatic heterocycles. The van der Waals surface area contributed by atoms with Gasteiger partial charge in [0.05, 0.1) is 6.04 Å². The highest BCUT2D eigenvalue weighted by molar-refractivity contribution is 7.98. The molecule has 1 aliphatic rings. The van der Waals surface area contributed by atoms with Crippen LogP contribution in [0.4, 0.5) is 5.69 Å². The molecule has 0 aliphatic carbocycles. The van der Waals surface area contributed by atoms with Crippen LogP contribution in [0.15, 0.2) is 77.7 Å². The first-order valence-electron chi connectivity index (χ1n) is 9.64. The lowest BCUT2D eigenvalue weighted by Crippen LogP contribution is -2.19. The van der Waals surface area contributed by atoms with Gasteiger partial charge in [-0.05, 0) is 61.1 Å². The highest BCUT2D eigenvalue weighted by atomic mass is 32.2. The predicted molar refractivity (Wildman–Crippen MR) is 118 cm³/mol. The van der Waals surface area contributed by atoms with Crippen LogP contribution in [0.25, 0.3) is 0 Å². The number of nitrogens with one attached hydrogen (secondary N) is 1. The van der Waals surface area contributed by atoms with Gasteiger partial charge < -0.3 is 15.0 Å². The van der Waals surface area contributed by atoms with Crippen molar-refractivity contribution in [2.45, 2.75) is 16.7 Å². The number of rotatable bonds is 6. The molecule has 144 valence electrons. The van der Waals surface area contributed by atoms with E-state index in [0.717, 1.165) is 23.7 Å². The fraction of sp³-hybridized carbons (Fsp3) is 0.250. The first-order chi connectivity index (χ1) is 13.7. The predicted octanol–water partition coefficient (Wildman–Crippen LogP) is 5.43. The van der Waals surface area contributed by atoms with Gasteiger partial charge in [-0.25, -0.2) is 0 Å². The summed E-state index contributed by atoms with van der Waals surface area (Å²) in [5, 5.41) is 3.76. The van der Waals surface area contributed by atoms with Crippen LogP contribution in [-0.4, -0.2) is 32.1 Å². The van der Waals surface area contributed by atoms with E-state index >= 15 is 0 Å². The lowest BCUT2D eigenvalue weighted by Gasteiger charge is -2.23. The monoisotopic (exact) mass is 390 g/mol. The van der Waals surface area contributed by atoms with E-state index in [1.807, 2.05) is 23.9 Å². The van der Waals surface area contributed by atoms with Crippen LogP contribution in [0.3, 0.4) is 0 Å². The summed E-state index contributed by atoms with van der Waals surface area (Å²) in [6.07, 6.45) is 0. The van der Waals surface area contributed by atoms with Gasteiger partial charge in [0.15, 0.2) is 0 Å². The molecule has 0 saturated heterocycles. The lowest BCUT2D eigenvalue weighted by atomic mass is 9.95. The molecule has 0 amide bonds. The van der Waals surface area contributed by atoms with Gasteiger partial charge in [0, 0.05) is 22.9 Å². The van der Waals surface area contributed by atoms with Gasteiger partial charge in [-0.3, -0.25) is 0 Å². The maximum absolute atomic E-state index is 5.82. The minimum absolute atomic E-state index is 0.142. The van der Waals surface area contributed by atoms with Gasteiger partial charge in [-0.1, -0.05) is 42.5 Å². The fourth-order valence-electron chi connectivity index (χ4n) is 3.44. The van der Waals surface area contributed by atoms with Crippen molar-refractivity contribution in [2.75, 3.05) is 32.6 Å². The zero-order chi connectivity index (χ0) is 19.3. The zero-order valence-electron chi connectivity index (χ0n) is 16.4. The quantitative estimate of drug-likeness (QED) is 0.606. The molecule has 0 fully saturated rings. The molecule has 0 saturated carbocycles. The molecule has 0 spiro atoms. The first-order valence-corrected chi connectivity index (χ1v) is 10.6. The Hall–Kier alpha value is -2.43. The highest BCUT2D eigenvalue weighted by Crippen LogP contribution is 2.40. The van der Waals surface area contributed by atoms with E-state index in [1.54, 1.807) is 0 Å². The van der Waals surface area contributed by atoms with E-state index < -0.39 is 0 Å². The van der Waals surface area contributed by atoms with E-state index in [1.165, 1.54) is 21.6 Å². The van der Waals surface area contributed by atoms with Crippen molar-refractivity contribution >= 4 is 17.4 Å². The Morgan fingerprint density at radius 1 is 0.929 bits per heavy atom. The fourth-order valence-corrected chi connectivity index (χ4v) is 4.54. The average molecular weight is 391 g/mol. The number of nitrogens with zero attached hydrogens (tertiary/aromatic N) is 1. The molecule has 0 radical (unpaired) electrons. The van der Waals surface area contributed by atoms with Crippen LogP contribution in [-0.2, 0) is 5.75 Å². The van der Waals surface area contributed by atoms with E-state index in [-0.39, 0.29) is 6.04 Å². The molecule has 28 heavy (non-hydrogen) atoms. The van der Waals surface area contributed by atoms with Crippen LogP contribution in [0, 0.1) is 0 Å². The molecule has 4 rings (SSSR count). The number of thioether (sulfide) groups is 1. The third kappa shape index (κ3) is 4.34. The summed E-state index contributed by atoms with van der Waals surface area (Å²) in [5.74, 6) is 1.91. The third-order valence-electron chi connectivity index (χ3n) is 4.95. The van der Waals surface area contributed by atoms with Gasteiger partial charge in [0.2, 0.25) is 0 Å². The van der Waals surface area contributed by atoms with Crippen LogP contribution < -0.4 is 10.1 Å². The SMILES string of the molecule is CN(C)CCOc1ccc(N[C@@H]2c3ccccc3CSc3ccccc32)cc1. The minimum atomic E-state index is 0.142. The Balaban J connectivity index is 1.57. The molecule has 4 heteroatoms. The van der Waals surface area contributed by atoms with Crippen LogP contribution in [0.5, 0.6) is 5.75 Å². The largest absolute Gasteiger partial charge is 0.492 e. The Morgan fingerprint density at radius 3 is 2.43 bits per heavy atom. The molecule has 0 unspecified atom stereocenters. The summed E-state index contributed by atoms with van der Waals surface area (Å²) < 4.78 is 5.82. The Bertz CT molecular complexity index is 876. The van der Waals surface area contributed by atoms with E-state index in [2.05, 4.69) is 85.0 Å². The van der Waals surface area contributed by atoms with E-state index in [4.69, 9.17) is 4.74 Å². The van der Waals surface area contributed by atoms with Gasteiger partial charge in [0.25, 0.3) is 0 Å². The summed E-state index contributed by atoms with van der Waals surface area (Å²) in [4.78, 5) is 3.47. The number of fused-ring (bicyclic) bond motifs is 2. The summed E-state index contributed by atoms with van der Waals surface area (Å²) in [5.41, 5.74) is 5.18. The smallest absolute Gasteiger partial charge is 0.119 e. The number of ether oxygens (including phenoxy) is 1. The number of hydrogen-bond donors (Lipinski definition) is 1. The molecule has 1 heterocycles. The van der Waals surface area contributed by atoms with Crippen molar-refractivity contribution in [2.24, 2.45) is 0 Å². The molecule has 1 atom stereocenters. The number of anilines is 1. The molecule has 1 aliphatic heterocycles. The lowest BCUT2D eigenvalue weighted by molar-refractivity contribution is 0.261. The summed E-state index contributed by atoms with van der Waals surface area (Å²) >= 11 is 1.92. The molecule has 3 nitrogen and oxygen atoms in total. The first kappa shape index (κ1) is 18.9. The number of likely N-dealkylation sites (N-methyl/N-ethyl adjacent to an activating group) is 1. The van der Waals surface area contributed by atoms with E-state index in [9.17, 15) is 0 Å². The van der Waals surface area contributed by atoms with Gasteiger partial charge in [0.1, 0.15) is 12.4 Å². The number of benzene rings is 3. The van der Waals surface area contributed by atoms with Crippen LogP contribution in [0.2, 0.25) is 0 Å². The van der Waals surface area contributed by atoms with Crippen molar-refractivity contribution in [3.8, 4) is 5.75 Å². The second-order valence-corrected chi connectivity index (χ2v) is 8.30. The Kier molecular flexibility index (Phi) is 5.89. The highest BCUT2D eigenvalue weighted by Gasteiger charge is 2.23. The normalized spacial score (nSPS) is 15.5. The summed E-state index contributed by atoms with van der Waals surface area (Å²) in [6, 6.07) is 25.9. The second-order valence-electron chi connectivity index (χ2n) is 7.28.